The lowest BCUT2D eigenvalue weighted by molar-refractivity contribution is 0.0601. The molecule has 9 heteroatoms. The fourth-order valence-electron chi connectivity index (χ4n) is 3.55. The van der Waals surface area contributed by atoms with Crippen LogP contribution in [0.2, 0.25) is 0 Å². The lowest BCUT2D eigenvalue weighted by Crippen LogP contribution is -2.49. The van der Waals surface area contributed by atoms with Gasteiger partial charge >= 0.3 is 5.97 Å². The van der Waals surface area contributed by atoms with Crippen LogP contribution in [-0.4, -0.2) is 64.0 Å². The molecule has 0 aromatic carbocycles. The number of hydrogen-bond donors (Lipinski definition) is 1. The normalized spacial score (nSPS) is 14.9. The van der Waals surface area contributed by atoms with E-state index < -0.39 is 0 Å². The SMILES string of the molecule is CCn1ncc(CN2CCN(C(=S)Nc3sc(C)c(C)c3C(=O)OC)CC2)c1C. The maximum Gasteiger partial charge on any atom is 0.341 e. The number of methoxy groups -OCH3 is 1. The van der Waals surface area contributed by atoms with Crippen molar-refractivity contribution >= 4 is 39.6 Å². The van der Waals surface area contributed by atoms with Crippen LogP contribution >= 0.6 is 23.6 Å². The molecule has 1 fully saturated rings. The average molecular weight is 436 g/mol. The molecule has 0 bridgehead atoms. The largest absolute Gasteiger partial charge is 0.465 e. The smallest absolute Gasteiger partial charge is 0.341 e. The second-order valence-electron chi connectivity index (χ2n) is 7.24. The van der Waals surface area contributed by atoms with Crippen LogP contribution in [0.3, 0.4) is 0 Å². The first kappa shape index (κ1) is 21.7. The van der Waals surface area contributed by atoms with Gasteiger partial charge in [0.2, 0.25) is 0 Å². The molecule has 0 unspecified atom stereocenters. The molecule has 0 aliphatic carbocycles. The summed E-state index contributed by atoms with van der Waals surface area (Å²) < 4.78 is 6.98. The van der Waals surface area contributed by atoms with Crippen molar-refractivity contribution in [2.24, 2.45) is 0 Å². The van der Waals surface area contributed by atoms with Gasteiger partial charge in [-0.2, -0.15) is 5.10 Å². The molecule has 0 saturated carbocycles. The summed E-state index contributed by atoms with van der Waals surface area (Å²) in [5.41, 5.74) is 4.05. The van der Waals surface area contributed by atoms with Crippen molar-refractivity contribution in [3.63, 3.8) is 0 Å². The lowest BCUT2D eigenvalue weighted by Gasteiger charge is -2.36. The van der Waals surface area contributed by atoms with Crippen LogP contribution in [0.4, 0.5) is 5.00 Å². The number of thiophene rings is 1. The van der Waals surface area contributed by atoms with Gasteiger partial charge < -0.3 is 15.0 Å². The van der Waals surface area contributed by atoms with Gasteiger partial charge in [0.1, 0.15) is 5.00 Å². The van der Waals surface area contributed by atoms with E-state index >= 15 is 0 Å². The molecule has 1 aliphatic heterocycles. The predicted octanol–water partition coefficient (Wildman–Crippen LogP) is 3.19. The topological polar surface area (TPSA) is 62.6 Å². The third-order valence-electron chi connectivity index (χ3n) is 5.55. The van der Waals surface area contributed by atoms with Gasteiger partial charge in [-0.15, -0.1) is 11.3 Å². The van der Waals surface area contributed by atoms with E-state index in [0.29, 0.717) is 10.7 Å². The number of carbonyl (C=O) groups is 1. The predicted molar refractivity (Wildman–Crippen MR) is 121 cm³/mol. The van der Waals surface area contributed by atoms with Gasteiger partial charge in [0, 0.05) is 55.4 Å². The van der Waals surface area contributed by atoms with Gasteiger partial charge in [0.15, 0.2) is 5.11 Å². The Labute approximate surface area is 181 Å². The molecule has 158 valence electrons. The highest BCUT2D eigenvalue weighted by molar-refractivity contribution is 7.80. The molecule has 29 heavy (non-hydrogen) atoms. The minimum atomic E-state index is -0.329. The third-order valence-corrected chi connectivity index (χ3v) is 7.04. The Bertz CT molecular complexity index is 897. The van der Waals surface area contributed by atoms with Gasteiger partial charge in [0.05, 0.1) is 18.9 Å². The Kier molecular flexibility index (Phi) is 6.92. The van der Waals surface area contributed by atoms with E-state index in [2.05, 4.69) is 34.1 Å². The molecule has 2 aromatic heterocycles. The zero-order valence-corrected chi connectivity index (χ0v) is 19.4. The van der Waals surface area contributed by atoms with Gasteiger partial charge in [-0.05, 0) is 45.5 Å². The molecule has 1 N–H and O–H groups in total. The number of ether oxygens (including phenoxy) is 1. The number of anilines is 1. The summed E-state index contributed by atoms with van der Waals surface area (Å²) in [5, 5.41) is 9.15. The lowest BCUT2D eigenvalue weighted by atomic mass is 10.1. The molecule has 2 aromatic rings. The second-order valence-corrected chi connectivity index (χ2v) is 8.85. The van der Waals surface area contributed by atoms with Crippen LogP contribution < -0.4 is 5.32 Å². The Morgan fingerprint density at radius 3 is 2.55 bits per heavy atom. The number of piperazine rings is 1. The van der Waals surface area contributed by atoms with Crippen molar-refractivity contribution in [1.29, 1.82) is 0 Å². The molecule has 3 heterocycles. The van der Waals surface area contributed by atoms with Gasteiger partial charge in [-0.25, -0.2) is 4.79 Å². The maximum atomic E-state index is 12.2. The first-order valence-corrected chi connectivity index (χ1v) is 11.1. The standard InChI is InChI=1S/C20H29N5O2S2/c1-6-25-14(3)16(11-21-25)12-23-7-9-24(10-8-23)20(28)22-18-17(19(26)27-5)13(2)15(4)29-18/h11H,6-10,12H2,1-5H3,(H,22,28). The average Bonchev–Trinajstić information content (AvgIpc) is 3.20. The first-order valence-electron chi connectivity index (χ1n) is 9.83. The molecule has 0 radical (unpaired) electrons. The molecular weight excluding hydrogens is 406 g/mol. The highest BCUT2D eigenvalue weighted by Crippen LogP contribution is 2.33. The number of aryl methyl sites for hydroxylation is 2. The van der Waals surface area contributed by atoms with Crippen LogP contribution in [0, 0.1) is 20.8 Å². The number of rotatable bonds is 5. The highest BCUT2D eigenvalue weighted by atomic mass is 32.1. The van der Waals surface area contributed by atoms with Gasteiger partial charge in [-0.1, -0.05) is 0 Å². The first-order chi connectivity index (χ1) is 13.8. The van der Waals surface area contributed by atoms with Gasteiger partial charge in [0.25, 0.3) is 0 Å². The maximum absolute atomic E-state index is 12.2. The highest BCUT2D eigenvalue weighted by Gasteiger charge is 2.24. The number of carbonyl (C=O) groups excluding carboxylic acids is 1. The monoisotopic (exact) mass is 435 g/mol. The Morgan fingerprint density at radius 1 is 1.28 bits per heavy atom. The van der Waals surface area contributed by atoms with Crippen molar-refractivity contribution in [2.45, 2.75) is 40.8 Å². The van der Waals surface area contributed by atoms with E-state index in [1.807, 2.05) is 24.7 Å². The summed E-state index contributed by atoms with van der Waals surface area (Å²) >= 11 is 7.18. The van der Waals surface area contributed by atoms with E-state index in [1.165, 1.54) is 29.7 Å². The van der Waals surface area contributed by atoms with E-state index in [-0.39, 0.29) is 5.97 Å². The van der Waals surface area contributed by atoms with Gasteiger partial charge in [-0.3, -0.25) is 9.58 Å². The summed E-state index contributed by atoms with van der Waals surface area (Å²) in [4.78, 5) is 17.9. The third kappa shape index (κ3) is 4.62. The summed E-state index contributed by atoms with van der Waals surface area (Å²) in [6.45, 7) is 13.6. The quantitative estimate of drug-likeness (QED) is 0.572. The van der Waals surface area contributed by atoms with E-state index in [4.69, 9.17) is 17.0 Å². The number of nitrogens with one attached hydrogen (secondary N) is 1. The molecule has 7 nitrogen and oxygen atoms in total. The van der Waals surface area contributed by atoms with Crippen molar-refractivity contribution in [1.82, 2.24) is 19.6 Å². The van der Waals surface area contributed by atoms with Crippen molar-refractivity contribution in [3.05, 3.63) is 33.5 Å². The molecule has 1 aliphatic rings. The molecular formula is C20H29N5O2S2. The van der Waals surface area contributed by atoms with Crippen molar-refractivity contribution in [2.75, 3.05) is 38.6 Å². The summed E-state index contributed by atoms with van der Waals surface area (Å²) in [7, 11) is 1.40. The van der Waals surface area contributed by atoms with E-state index in [0.717, 1.165) is 54.7 Å². The Balaban J connectivity index is 1.59. The van der Waals surface area contributed by atoms with Crippen LogP contribution in [0.15, 0.2) is 6.20 Å². The van der Waals surface area contributed by atoms with Crippen molar-refractivity contribution in [3.8, 4) is 0 Å². The number of aromatic nitrogens is 2. The summed E-state index contributed by atoms with van der Waals surface area (Å²) in [5.74, 6) is -0.329. The van der Waals surface area contributed by atoms with Crippen LogP contribution in [0.1, 0.15) is 39.0 Å². The number of nitrogens with zero attached hydrogens (tertiary/aromatic N) is 4. The Hall–Kier alpha value is -1.97. The Morgan fingerprint density at radius 2 is 1.97 bits per heavy atom. The fraction of sp³-hybridized carbons (Fsp3) is 0.550. The van der Waals surface area contributed by atoms with E-state index in [1.54, 1.807) is 0 Å². The van der Waals surface area contributed by atoms with Crippen LogP contribution in [0.5, 0.6) is 0 Å². The van der Waals surface area contributed by atoms with Crippen molar-refractivity contribution < 1.29 is 9.53 Å². The fourth-order valence-corrected chi connectivity index (χ4v) is 4.95. The molecule has 1 saturated heterocycles. The summed E-state index contributed by atoms with van der Waals surface area (Å²) in [6, 6.07) is 0. The second kappa shape index (κ2) is 9.23. The minimum Gasteiger partial charge on any atom is -0.465 e. The molecule has 0 atom stereocenters. The minimum absolute atomic E-state index is 0.329. The number of thiocarbonyl (C=S) groups is 1. The zero-order valence-electron chi connectivity index (χ0n) is 17.7. The summed E-state index contributed by atoms with van der Waals surface area (Å²) in [6.07, 6.45) is 1.98. The van der Waals surface area contributed by atoms with Crippen LogP contribution in [-0.2, 0) is 17.8 Å². The van der Waals surface area contributed by atoms with E-state index in [9.17, 15) is 4.79 Å². The number of esters is 1. The zero-order chi connectivity index (χ0) is 21.1. The molecule has 0 spiro atoms. The van der Waals surface area contributed by atoms with Crippen LogP contribution in [0.25, 0.3) is 0 Å². The molecule has 0 amide bonds. The number of hydrogen-bond acceptors (Lipinski definition) is 6. The molecule has 3 rings (SSSR count).